The van der Waals surface area contributed by atoms with Crippen molar-refractivity contribution in [1.29, 1.82) is 0 Å². The zero-order chi connectivity index (χ0) is 61.6. The summed E-state index contributed by atoms with van der Waals surface area (Å²) < 4.78 is 60.7. The molecule has 2 fully saturated rings. The van der Waals surface area contributed by atoms with E-state index in [0.717, 1.165) is 25.0 Å². The topological polar surface area (TPSA) is 371 Å². The highest BCUT2D eigenvalue weighted by atomic mass is 32.2. The number of nitrogens with one attached hydrogen (secondary N) is 6. The van der Waals surface area contributed by atoms with Crippen LogP contribution >= 0.6 is 11.8 Å². The zero-order valence-electron chi connectivity index (χ0n) is 49.2. The number of thioether (sulfide) groups is 1. The number of nitrogens with two attached hydrogens (primary N) is 1. The molecule has 0 bridgehead atoms. The van der Waals surface area contributed by atoms with Crippen LogP contribution in [0.3, 0.4) is 0 Å². The van der Waals surface area contributed by atoms with Crippen molar-refractivity contribution in [2.75, 3.05) is 145 Å². The molecule has 30 heteroatoms. The van der Waals surface area contributed by atoms with E-state index >= 15 is 0 Å². The maximum Gasteiger partial charge on any atom is 0.315 e. The maximum absolute atomic E-state index is 12.7. The van der Waals surface area contributed by atoms with Crippen molar-refractivity contribution in [3.8, 4) is 23.0 Å². The summed E-state index contributed by atoms with van der Waals surface area (Å²) in [5.74, 6) is 0.962. The van der Waals surface area contributed by atoms with Crippen LogP contribution in [0.1, 0.15) is 94.8 Å². The predicted octanol–water partition coefficient (Wildman–Crippen LogP) is 3.32. The van der Waals surface area contributed by atoms with E-state index in [9.17, 15) is 44.2 Å². The van der Waals surface area contributed by atoms with Gasteiger partial charge in [-0.25, -0.2) is 4.79 Å². The average Bonchev–Trinajstić information content (AvgIpc) is 4.01. The predicted molar refractivity (Wildman–Crippen MR) is 311 cm³/mol. The van der Waals surface area contributed by atoms with Crippen LogP contribution in [0.4, 0.5) is 16.2 Å². The molecule has 2 aliphatic heterocycles. The van der Waals surface area contributed by atoms with Crippen LogP contribution in [0.2, 0.25) is 0 Å². The lowest BCUT2D eigenvalue weighted by Gasteiger charge is -2.18. The molecule has 0 aromatic heterocycles. The van der Waals surface area contributed by atoms with Gasteiger partial charge in [-0.2, -0.15) is 11.8 Å². The second-order valence-corrected chi connectivity index (χ2v) is 20.8. The molecule has 2 aliphatic rings. The first kappa shape index (κ1) is 71.1. The number of nitrogens with zero attached hydrogens (tertiary/aromatic N) is 2. The van der Waals surface area contributed by atoms with Crippen LogP contribution in [0.15, 0.2) is 24.3 Å². The summed E-state index contributed by atoms with van der Waals surface area (Å²) in [7, 11) is 2.81. The molecule has 0 aliphatic carbocycles. The van der Waals surface area contributed by atoms with Gasteiger partial charge in [-0.1, -0.05) is 6.42 Å². The maximum atomic E-state index is 12.7. The number of benzene rings is 2. The number of urea groups is 1. The van der Waals surface area contributed by atoms with E-state index in [-0.39, 0.29) is 141 Å². The molecule has 8 N–H and O–H groups in total. The van der Waals surface area contributed by atoms with Crippen LogP contribution in [0.25, 0.3) is 0 Å². The minimum Gasteiger partial charge on any atom is -0.493 e. The molecule has 29 nitrogen and oxygen atoms in total. The minimum absolute atomic E-state index is 0.000381. The first-order valence-corrected chi connectivity index (χ1v) is 29.7. The van der Waals surface area contributed by atoms with E-state index in [2.05, 4.69) is 31.9 Å². The Kier molecular flexibility index (Phi) is 34.8. The minimum atomic E-state index is -0.758. The van der Waals surface area contributed by atoms with E-state index in [1.165, 1.54) is 38.5 Å². The Bertz CT molecular complexity index is 2380. The normalized spacial score (nSPS) is 15.9. The number of hydrogen-bond acceptors (Lipinski definition) is 22. The number of hydrogen-bond donors (Lipinski definition) is 7. The van der Waals surface area contributed by atoms with Crippen LogP contribution in [-0.4, -0.2) is 202 Å². The molecule has 6 amide bonds. The third-order valence-electron chi connectivity index (χ3n) is 13.1. The van der Waals surface area contributed by atoms with E-state index in [1.54, 1.807) is 13.8 Å². The largest absolute Gasteiger partial charge is 0.493 e. The number of amides is 6. The van der Waals surface area contributed by atoms with Gasteiger partial charge in [-0.3, -0.25) is 39.4 Å². The highest BCUT2D eigenvalue weighted by molar-refractivity contribution is 8.00. The molecule has 2 unspecified atom stereocenters. The highest BCUT2D eigenvalue weighted by Crippen LogP contribution is 2.39. The quantitative estimate of drug-likeness (QED) is 0.0216. The molecule has 0 radical (unpaired) electrons. The lowest BCUT2D eigenvalue weighted by Crippen LogP contribution is -2.36. The molecular formula is C55H87N9O20S. The smallest absolute Gasteiger partial charge is 0.315 e. The van der Waals surface area contributed by atoms with E-state index < -0.39 is 21.9 Å². The fourth-order valence-electron chi connectivity index (χ4n) is 8.72. The third-order valence-corrected chi connectivity index (χ3v) is 14.6. The van der Waals surface area contributed by atoms with Gasteiger partial charge in [0.25, 0.3) is 11.4 Å². The first-order valence-electron chi connectivity index (χ1n) is 28.7. The number of methoxy groups -OCH3 is 2. The van der Waals surface area contributed by atoms with Crippen molar-refractivity contribution in [3.63, 3.8) is 0 Å². The molecule has 2 aromatic carbocycles. The molecule has 0 spiro atoms. The number of carbonyl (C=O) groups excluding carboxylic acids is 5. The average molecular weight is 1230 g/mol. The number of rotatable bonds is 49. The number of fused-ring (bicyclic) bond motifs is 1. The van der Waals surface area contributed by atoms with Crippen LogP contribution in [0.5, 0.6) is 23.0 Å². The van der Waals surface area contributed by atoms with E-state index in [4.69, 9.17) is 57.8 Å². The Morgan fingerprint density at radius 1 is 0.565 bits per heavy atom. The van der Waals surface area contributed by atoms with Gasteiger partial charge in [-0.15, -0.1) is 0 Å². The van der Waals surface area contributed by atoms with E-state index in [1.807, 2.05) is 11.8 Å². The first-order chi connectivity index (χ1) is 41.1. The van der Waals surface area contributed by atoms with Gasteiger partial charge in [-0.05, 0) is 51.7 Å². The molecule has 478 valence electrons. The Balaban J connectivity index is 0.918. The lowest BCUT2D eigenvalue weighted by atomic mass is 10.0. The summed E-state index contributed by atoms with van der Waals surface area (Å²) in [5, 5.41) is 41.1. The van der Waals surface area contributed by atoms with Crippen molar-refractivity contribution < 1.29 is 85.9 Å². The Labute approximate surface area is 499 Å². The summed E-state index contributed by atoms with van der Waals surface area (Å²) in [6.07, 6.45) is 4.17. The standard InChI is InChI=1S/C55H87N9O20S/c1-38(56)40-33-45(74-3)47(35-43(40)63(70)71)83-17-7-11-51(66)58-16-22-79-26-30-82-32-31-80-27-23-76-19-13-53(68)60-39(2)41-34-46(75-4)48(36-44(41)64(72)73)84-18-8-12-52(67)59-15-21-78-25-29-81-28-24-77-20-14-57-50(65)10-6-5-9-49-54-42(37-85-49)61-55(69)62-54/h33-36,38-39,42,49,54H,5-32,37,56H2,1-4H3,(H,57,65)(H,58,66)(H,59,67)(H,60,68)(H2,61,62,69)/t38?,39?,42-,49-,54-/m0/s1. The summed E-state index contributed by atoms with van der Waals surface area (Å²) in [6.45, 7) is 8.69. The Morgan fingerprint density at radius 2 is 0.988 bits per heavy atom. The van der Waals surface area contributed by atoms with Gasteiger partial charge in [0.05, 0.1) is 171 Å². The summed E-state index contributed by atoms with van der Waals surface area (Å²) >= 11 is 1.87. The van der Waals surface area contributed by atoms with E-state index in [0.29, 0.717) is 115 Å². The second-order valence-electron chi connectivity index (χ2n) is 19.6. The molecule has 0 saturated carbocycles. The van der Waals surface area contributed by atoms with Crippen molar-refractivity contribution in [2.45, 2.75) is 101 Å². The molecule has 85 heavy (non-hydrogen) atoms. The van der Waals surface area contributed by atoms with Gasteiger partial charge in [0, 0.05) is 62.4 Å². The molecule has 5 atom stereocenters. The summed E-state index contributed by atoms with van der Waals surface area (Å²) in [5.41, 5.74) is 5.95. The number of nitro groups is 2. The second kappa shape index (κ2) is 41.6. The Hall–Kier alpha value is -6.38. The molecular weight excluding hydrogens is 1140 g/mol. The SMILES string of the molecule is COc1cc(C(C)NC(=O)CCOCCOCCOCCOCCNC(=O)CCCOc2cc([N+](=O)[O-])c(C(C)N)cc2OC)c([N+](=O)[O-])cc1OCCCC(=O)NCCOCCOCCOCCNC(=O)CCCC[C@@H]1SC[C@@H]2NC(=O)N[C@@H]21. The molecule has 2 heterocycles. The number of nitro benzene ring substituents is 2. The van der Waals surface area contributed by atoms with Gasteiger partial charge in [0.15, 0.2) is 23.0 Å². The van der Waals surface area contributed by atoms with Crippen LogP contribution in [0, 0.1) is 20.2 Å². The van der Waals surface area contributed by atoms with Gasteiger partial charge >= 0.3 is 6.03 Å². The zero-order valence-corrected chi connectivity index (χ0v) is 50.1. The van der Waals surface area contributed by atoms with Gasteiger partial charge in [0.2, 0.25) is 23.6 Å². The van der Waals surface area contributed by atoms with Gasteiger partial charge in [0.1, 0.15) is 0 Å². The fraction of sp³-hybridized carbons (Fsp3) is 0.691. The van der Waals surface area contributed by atoms with Gasteiger partial charge < -0.3 is 89.7 Å². The van der Waals surface area contributed by atoms with Crippen LogP contribution < -0.4 is 56.6 Å². The van der Waals surface area contributed by atoms with Crippen molar-refractivity contribution >= 4 is 52.8 Å². The molecule has 4 rings (SSSR count). The Morgan fingerprint density at radius 3 is 1.44 bits per heavy atom. The molecule has 2 saturated heterocycles. The van der Waals surface area contributed by atoms with Crippen molar-refractivity contribution in [3.05, 3.63) is 55.6 Å². The fourth-order valence-corrected chi connectivity index (χ4v) is 10.3. The lowest BCUT2D eigenvalue weighted by molar-refractivity contribution is -0.386. The van der Waals surface area contributed by atoms with Crippen molar-refractivity contribution in [2.24, 2.45) is 5.73 Å². The monoisotopic (exact) mass is 1230 g/mol. The summed E-state index contributed by atoms with van der Waals surface area (Å²) in [4.78, 5) is 83.5. The van der Waals surface area contributed by atoms with Crippen LogP contribution in [-0.2, 0) is 52.3 Å². The number of unbranched alkanes of at least 4 members (excludes halogenated alkanes) is 1. The highest BCUT2D eigenvalue weighted by Gasteiger charge is 2.42. The number of carbonyl (C=O) groups is 5. The van der Waals surface area contributed by atoms with Crippen molar-refractivity contribution in [1.82, 2.24) is 31.9 Å². The third kappa shape index (κ3) is 28.1. The number of ether oxygens (including phenoxy) is 11. The molecule has 2 aromatic rings. The summed E-state index contributed by atoms with van der Waals surface area (Å²) in [6, 6.07) is 4.41.